The summed E-state index contributed by atoms with van der Waals surface area (Å²) >= 11 is 0. The molecule has 0 fully saturated rings. The van der Waals surface area contributed by atoms with E-state index < -0.39 is 0 Å². The van der Waals surface area contributed by atoms with Gasteiger partial charge in [0.15, 0.2) is 5.65 Å². The SMILES string of the molecule is COC(CO)Cn1cnc2cncnc21. The summed E-state index contributed by atoms with van der Waals surface area (Å²) < 4.78 is 6.91. The summed E-state index contributed by atoms with van der Waals surface area (Å²) in [5.41, 5.74) is 1.49. The standard InChI is InChI=1S/C9H12N4O2/c1-15-7(4-14)3-13-6-12-8-2-10-5-11-9(8)13/h2,5-7,14H,3-4H2,1H3. The molecular weight excluding hydrogens is 196 g/mol. The predicted molar refractivity (Wildman–Crippen MR) is 53.2 cm³/mol. The van der Waals surface area contributed by atoms with Gasteiger partial charge in [-0.25, -0.2) is 15.0 Å². The Morgan fingerprint density at radius 2 is 2.40 bits per heavy atom. The average molecular weight is 208 g/mol. The van der Waals surface area contributed by atoms with E-state index in [1.807, 2.05) is 4.57 Å². The molecule has 0 aliphatic rings. The molecule has 1 N–H and O–H groups in total. The molecule has 1 atom stereocenters. The Hall–Kier alpha value is -1.53. The smallest absolute Gasteiger partial charge is 0.163 e. The topological polar surface area (TPSA) is 73.1 Å². The van der Waals surface area contributed by atoms with Crippen molar-refractivity contribution < 1.29 is 9.84 Å². The maximum absolute atomic E-state index is 9.01. The molecule has 0 bridgehead atoms. The number of aromatic nitrogens is 4. The zero-order chi connectivity index (χ0) is 10.7. The maximum atomic E-state index is 9.01. The van der Waals surface area contributed by atoms with Gasteiger partial charge in [-0.2, -0.15) is 0 Å². The number of methoxy groups -OCH3 is 1. The van der Waals surface area contributed by atoms with E-state index in [2.05, 4.69) is 15.0 Å². The van der Waals surface area contributed by atoms with E-state index in [4.69, 9.17) is 9.84 Å². The molecule has 1 unspecified atom stereocenters. The van der Waals surface area contributed by atoms with Crippen molar-refractivity contribution in [3.8, 4) is 0 Å². The monoisotopic (exact) mass is 208 g/mol. The van der Waals surface area contributed by atoms with Crippen molar-refractivity contribution in [2.24, 2.45) is 0 Å². The van der Waals surface area contributed by atoms with E-state index in [9.17, 15) is 0 Å². The highest BCUT2D eigenvalue weighted by Crippen LogP contribution is 2.08. The summed E-state index contributed by atoms with van der Waals surface area (Å²) in [6.07, 6.45) is 4.55. The third kappa shape index (κ3) is 1.95. The van der Waals surface area contributed by atoms with Crippen LogP contribution in [0.3, 0.4) is 0 Å². The molecule has 2 heterocycles. The third-order valence-electron chi connectivity index (χ3n) is 2.22. The molecule has 15 heavy (non-hydrogen) atoms. The van der Waals surface area contributed by atoms with Crippen LogP contribution >= 0.6 is 0 Å². The van der Waals surface area contributed by atoms with Crippen LogP contribution in [0, 0.1) is 0 Å². The van der Waals surface area contributed by atoms with E-state index in [1.54, 1.807) is 19.6 Å². The third-order valence-corrected chi connectivity index (χ3v) is 2.22. The first kappa shape index (κ1) is 10.0. The van der Waals surface area contributed by atoms with Gasteiger partial charge in [0.05, 0.1) is 31.8 Å². The Kier molecular flexibility index (Phi) is 2.89. The van der Waals surface area contributed by atoms with Crippen LogP contribution in [0.2, 0.25) is 0 Å². The van der Waals surface area contributed by atoms with Crippen molar-refractivity contribution >= 4 is 11.2 Å². The number of hydrogen-bond acceptors (Lipinski definition) is 5. The molecule has 2 aromatic heterocycles. The minimum atomic E-state index is -0.239. The Bertz CT molecular complexity index is 438. The Morgan fingerprint density at radius 3 is 3.13 bits per heavy atom. The molecule has 6 nitrogen and oxygen atoms in total. The second-order valence-corrected chi connectivity index (χ2v) is 3.17. The van der Waals surface area contributed by atoms with Gasteiger partial charge in [-0.05, 0) is 0 Å². The molecule has 0 aliphatic heterocycles. The Balaban J connectivity index is 2.28. The summed E-state index contributed by atoms with van der Waals surface area (Å²) in [5, 5.41) is 9.01. The van der Waals surface area contributed by atoms with Crippen LogP contribution in [-0.4, -0.2) is 44.4 Å². The van der Waals surface area contributed by atoms with Gasteiger partial charge in [0.25, 0.3) is 0 Å². The van der Waals surface area contributed by atoms with Crippen molar-refractivity contribution in [3.05, 3.63) is 18.9 Å². The molecule has 0 aliphatic carbocycles. The van der Waals surface area contributed by atoms with Gasteiger partial charge >= 0.3 is 0 Å². The molecule has 0 aromatic carbocycles. The number of hydrogen-bond donors (Lipinski definition) is 1. The molecule has 6 heteroatoms. The van der Waals surface area contributed by atoms with Crippen molar-refractivity contribution in [1.29, 1.82) is 0 Å². The first-order valence-corrected chi connectivity index (χ1v) is 4.59. The van der Waals surface area contributed by atoms with E-state index in [0.29, 0.717) is 6.54 Å². The molecular formula is C9H12N4O2. The summed E-state index contributed by atoms with van der Waals surface area (Å²) in [6.45, 7) is 0.502. The van der Waals surface area contributed by atoms with Crippen LogP contribution in [-0.2, 0) is 11.3 Å². The van der Waals surface area contributed by atoms with Gasteiger partial charge in [0, 0.05) is 7.11 Å². The molecule has 2 rings (SSSR count). The van der Waals surface area contributed by atoms with Gasteiger partial charge < -0.3 is 14.4 Å². The van der Waals surface area contributed by atoms with Crippen LogP contribution in [0.25, 0.3) is 11.2 Å². The van der Waals surface area contributed by atoms with E-state index in [-0.39, 0.29) is 12.7 Å². The fourth-order valence-corrected chi connectivity index (χ4v) is 1.37. The Labute approximate surface area is 86.6 Å². The molecule has 0 amide bonds. The molecule has 0 saturated heterocycles. The quantitative estimate of drug-likeness (QED) is 0.755. The highest BCUT2D eigenvalue weighted by atomic mass is 16.5. The lowest BCUT2D eigenvalue weighted by molar-refractivity contribution is 0.0379. The van der Waals surface area contributed by atoms with Crippen LogP contribution in [0.5, 0.6) is 0 Å². The van der Waals surface area contributed by atoms with Crippen LogP contribution in [0.4, 0.5) is 0 Å². The van der Waals surface area contributed by atoms with Crippen LogP contribution < -0.4 is 0 Å². The molecule has 80 valence electrons. The average Bonchev–Trinajstić information content (AvgIpc) is 2.69. The normalized spacial score (nSPS) is 13.2. The van der Waals surface area contributed by atoms with Gasteiger partial charge in [0.2, 0.25) is 0 Å². The number of fused-ring (bicyclic) bond motifs is 1. The summed E-state index contributed by atoms with van der Waals surface area (Å²) in [5.74, 6) is 0. The van der Waals surface area contributed by atoms with Crippen molar-refractivity contribution in [3.63, 3.8) is 0 Å². The second kappa shape index (κ2) is 4.33. The first-order valence-electron chi connectivity index (χ1n) is 4.59. The summed E-state index contributed by atoms with van der Waals surface area (Å²) in [4.78, 5) is 12.1. The minimum absolute atomic E-state index is 0.0265. The maximum Gasteiger partial charge on any atom is 0.163 e. The number of ether oxygens (including phenoxy) is 1. The van der Waals surface area contributed by atoms with E-state index in [1.165, 1.54) is 6.33 Å². The van der Waals surface area contributed by atoms with Crippen molar-refractivity contribution in [2.45, 2.75) is 12.6 Å². The number of aliphatic hydroxyl groups is 1. The molecule has 2 aromatic rings. The van der Waals surface area contributed by atoms with Gasteiger partial charge in [-0.1, -0.05) is 0 Å². The largest absolute Gasteiger partial charge is 0.394 e. The molecule has 0 saturated carbocycles. The summed E-state index contributed by atoms with van der Waals surface area (Å²) in [7, 11) is 1.56. The van der Waals surface area contributed by atoms with Crippen LogP contribution in [0.15, 0.2) is 18.9 Å². The lowest BCUT2D eigenvalue weighted by Crippen LogP contribution is -2.22. The van der Waals surface area contributed by atoms with Crippen LogP contribution in [0.1, 0.15) is 0 Å². The van der Waals surface area contributed by atoms with E-state index in [0.717, 1.165) is 11.2 Å². The van der Waals surface area contributed by atoms with Gasteiger partial charge in [0.1, 0.15) is 11.8 Å². The molecule has 0 spiro atoms. The fourth-order valence-electron chi connectivity index (χ4n) is 1.37. The molecule has 0 radical (unpaired) electrons. The highest BCUT2D eigenvalue weighted by molar-refractivity contribution is 5.68. The highest BCUT2D eigenvalue weighted by Gasteiger charge is 2.09. The van der Waals surface area contributed by atoms with E-state index >= 15 is 0 Å². The number of nitrogens with zero attached hydrogens (tertiary/aromatic N) is 4. The number of rotatable bonds is 4. The fraction of sp³-hybridized carbons (Fsp3) is 0.444. The lowest BCUT2D eigenvalue weighted by atomic mass is 10.3. The van der Waals surface area contributed by atoms with Gasteiger partial charge in [-0.15, -0.1) is 0 Å². The number of aliphatic hydroxyl groups excluding tert-OH is 1. The minimum Gasteiger partial charge on any atom is -0.394 e. The second-order valence-electron chi connectivity index (χ2n) is 3.17. The lowest BCUT2D eigenvalue weighted by Gasteiger charge is -2.12. The zero-order valence-corrected chi connectivity index (χ0v) is 8.37. The van der Waals surface area contributed by atoms with Crippen molar-refractivity contribution in [1.82, 2.24) is 19.5 Å². The first-order chi connectivity index (χ1) is 7.35. The van der Waals surface area contributed by atoms with Crippen molar-refractivity contribution in [2.75, 3.05) is 13.7 Å². The zero-order valence-electron chi connectivity index (χ0n) is 8.37. The summed E-state index contributed by atoms with van der Waals surface area (Å²) in [6, 6.07) is 0. The van der Waals surface area contributed by atoms with Gasteiger partial charge in [-0.3, -0.25) is 0 Å². The number of imidazole rings is 1. The predicted octanol–water partition coefficient (Wildman–Crippen LogP) is -0.166. The Morgan fingerprint density at radius 1 is 1.53 bits per heavy atom.